The van der Waals surface area contributed by atoms with Crippen molar-refractivity contribution in [3.63, 3.8) is 0 Å². The van der Waals surface area contributed by atoms with Crippen LogP contribution in [0.15, 0.2) is 28.7 Å². The highest BCUT2D eigenvalue weighted by Gasteiger charge is 2.66. The zero-order valence-corrected chi connectivity index (χ0v) is 19.9. The van der Waals surface area contributed by atoms with Gasteiger partial charge in [0.25, 0.3) is 5.91 Å². The van der Waals surface area contributed by atoms with Crippen LogP contribution in [0, 0.1) is 17.2 Å². The number of phenols is 1. The molecule has 0 heterocycles. The number of benzene rings is 1. The molecule has 0 aliphatic heterocycles. The first-order valence-corrected chi connectivity index (χ1v) is 11.0. The number of nitrogens with two attached hydrogens (primary N) is 1. The van der Waals surface area contributed by atoms with E-state index in [9.17, 15) is 45.3 Å². The first-order valence-electron chi connectivity index (χ1n) is 11.0. The number of fused-ring (bicyclic) bond motifs is 3. The summed E-state index contributed by atoms with van der Waals surface area (Å²) in [7, 11) is 6.21. The molecule has 2 unspecified atom stereocenters. The number of rotatable bonds is 3. The van der Waals surface area contributed by atoms with Gasteiger partial charge in [0.05, 0.1) is 29.7 Å². The number of Topliss-reactive ketones (excluding diaryl/α,β-unsaturated/α-hetero) is 2. The molecule has 13 nitrogen and oxygen atoms in total. The molecule has 0 radical (unpaired) electrons. The van der Waals surface area contributed by atoms with Crippen LogP contribution in [0.2, 0.25) is 0 Å². The van der Waals surface area contributed by atoms with Gasteiger partial charge in [0.2, 0.25) is 16.9 Å². The summed E-state index contributed by atoms with van der Waals surface area (Å²) in [6, 6.07) is 0.00449. The number of aliphatic hydroxyl groups is 4. The third kappa shape index (κ3) is 2.98. The maximum Gasteiger partial charge on any atom is 0.428 e. The van der Waals surface area contributed by atoms with Crippen LogP contribution >= 0.6 is 0 Å². The molecular weight excluding hydrogens is 474 g/mol. The standard InChI is InChI=1S/C23H25N5O8/c1-27(2)10-6-9(26-25)17(30)11-7(10)5-8-12(18(11)31)20(33)23(36)14(16(8)29)15(28(3)4)19(32)13(21(23)34)22(24)35/h6,8,14-16,29,36H,5H2,1-4H3,(H4-,24,30,31,32,33,34,35)/p+1/t8?,14?,15-,16-,23-/m0/s1. The van der Waals surface area contributed by atoms with E-state index in [1.807, 2.05) is 0 Å². The van der Waals surface area contributed by atoms with Crippen molar-refractivity contribution in [3.05, 3.63) is 44.8 Å². The first kappa shape index (κ1) is 25.1. The average Bonchev–Trinajstić information content (AvgIpc) is 2.78. The number of aromatic hydroxyl groups is 1. The third-order valence-electron chi connectivity index (χ3n) is 7.35. The highest BCUT2D eigenvalue weighted by molar-refractivity contribution is 6.25. The summed E-state index contributed by atoms with van der Waals surface area (Å²) in [5, 5.41) is 65.1. The minimum Gasteiger partial charge on any atom is -0.510 e. The van der Waals surface area contributed by atoms with Crippen LogP contribution in [-0.4, -0.2) is 93.8 Å². The number of nitrogens with zero attached hydrogens (tertiary/aromatic N) is 4. The van der Waals surface area contributed by atoms with Crippen LogP contribution in [0.1, 0.15) is 15.9 Å². The van der Waals surface area contributed by atoms with Crippen molar-refractivity contribution >= 4 is 28.8 Å². The van der Waals surface area contributed by atoms with E-state index in [-0.39, 0.29) is 23.2 Å². The van der Waals surface area contributed by atoms with Crippen LogP contribution in [0.3, 0.4) is 0 Å². The molecule has 0 aromatic heterocycles. The molecule has 13 heteroatoms. The summed E-state index contributed by atoms with van der Waals surface area (Å²) in [4.78, 5) is 44.9. The van der Waals surface area contributed by atoms with Gasteiger partial charge in [-0.15, -0.1) is 0 Å². The second-order valence-electron chi connectivity index (χ2n) is 9.66. The Morgan fingerprint density at radius 1 is 1.19 bits per heavy atom. The van der Waals surface area contributed by atoms with Crippen LogP contribution in [0.4, 0.5) is 11.4 Å². The minimum absolute atomic E-state index is 0.123. The van der Waals surface area contributed by atoms with Gasteiger partial charge in [-0.1, -0.05) is 0 Å². The zero-order chi connectivity index (χ0) is 27.0. The predicted molar refractivity (Wildman–Crippen MR) is 124 cm³/mol. The lowest BCUT2D eigenvalue weighted by molar-refractivity contribution is -0.161. The summed E-state index contributed by atoms with van der Waals surface area (Å²) < 4.78 is 0. The second-order valence-corrected chi connectivity index (χ2v) is 9.66. The summed E-state index contributed by atoms with van der Waals surface area (Å²) >= 11 is 0. The molecule has 4 rings (SSSR count). The molecular formula is C23H26N5O8+. The van der Waals surface area contributed by atoms with Gasteiger partial charge in [0.15, 0.2) is 16.4 Å². The lowest BCUT2D eigenvalue weighted by atomic mass is 9.57. The van der Waals surface area contributed by atoms with E-state index < -0.39 is 75.5 Å². The number of carbonyl (C=O) groups excluding carboxylic acids is 3. The topological polar surface area (TPSA) is 213 Å². The SMILES string of the molecule is CN(C)c1cc([N+]#N)c(O)c2c1CC1C(=C(O)[C@]3(O)C(=O)C(C(N)=O)=C(O)[C@@H](N(C)C)C3[C@H]1O)C2=O. The van der Waals surface area contributed by atoms with Gasteiger partial charge in [0, 0.05) is 31.3 Å². The lowest BCUT2D eigenvalue weighted by Crippen LogP contribution is -2.68. The first-order chi connectivity index (χ1) is 16.7. The minimum atomic E-state index is -2.98. The lowest BCUT2D eigenvalue weighted by Gasteiger charge is -2.52. The van der Waals surface area contributed by atoms with Crippen molar-refractivity contribution in [2.45, 2.75) is 24.2 Å². The van der Waals surface area contributed by atoms with Crippen molar-refractivity contribution in [2.75, 3.05) is 33.1 Å². The number of aliphatic hydroxyl groups excluding tert-OH is 3. The van der Waals surface area contributed by atoms with E-state index >= 15 is 0 Å². The Labute approximate surface area is 205 Å². The van der Waals surface area contributed by atoms with Gasteiger partial charge in [-0.3, -0.25) is 19.3 Å². The fourth-order valence-electron chi connectivity index (χ4n) is 5.77. The molecule has 36 heavy (non-hydrogen) atoms. The molecule has 1 aromatic carbocycles. The van der Waals surface area contributed by atoms with Crippen molar-refractivity contribution < 1.29 is 39.9 Å². The zero-order valence-electron chi connectivity index (χ0n) is 19.9. The molecule has 5 atom stereocenters. The molecule has 0 saturated heterocycles. The number of phenolic OH excluding ortho intramolecular Hbond substituents is 1. The molecule has 0 spiro atoms. The third-order valence-corrected chi connectivity index (χ3v) is 7.35. The molecule has 0 bridgehead atoms. The van der Waals surface area contributed by atoms with Gasteiger partial charge in [-0.2, -0.15) is 0 Å². The quantitative estimate of drug-likeness (QED) is 0.233. The molecule has 0 fully saturated rings. The highest BCUT2D eigenvalue weighted by atomic mass is 16.4. The van der Waals surface area contributed by atoms with E-state index in [0.29, 0.717) is 5.69 Å². The van der Waals surface area contributed by atoms with Crippen LogP contribution in [0.25, 0.3) is 4.98 Å². The van der Waals surface area contributed by atoms with Gasteiger partial charge < -0.3 is 36.2 Å². The maximum atomic E-state index is 13.7. The van der Waals surface area contributed by atoms with Crippen molar-refractivity contribution in [3.8, 4) is 5.75 Å². The molecule has 1 aromatic rings. The van der Waals surface area contributed by atoms with Gasteiger partial charge in [-0.05, 0) is 26.1 Å². The number of hydrogen-bond acceptors (Lipinski definition) is 11. The number of hydrogen-bond donors (Lipinski definition) is 6. The Bertz CT molecular complexity index is 1340. The molecule has 7 N–H and O–H groups in total. The van der Waals surface area contributed by atoms with Gasteiger partial charge >= 0.3 is 5.69 Å². The Morgan fingerprint density at radius 3 is 2.31 bits per heavy atom. The molecule has 190 valence electrons. The predicted octanol–water partition coefficient (Wildman–Crippen LogP) is -0.358. The number of diazo groups is 1. The highest BCUT2D eigenvalue weighted by Crippen LogP contribution is 2.54. The van der Waals surface area contributed by atoms with Gasteiger partial charge in [0.1, 0.15) is 17.1 Å². The second kappa shape index (κ2) is 8.02. The summed E-state index contributed by atoms with van der Waals surface area (Å²) in [6.07, 6.45) is -1.80. The van der Waals surface area contributed by atoms with E-state index in [4.69, 9.17) is 5.73 Å². The molecule has 1 amide bonds. The maximum absolute atomic E-state index is 13.7. The Kier molecular flexibility index (Phi) is 5.59. The Hall–Kier alpha value is -3.99. The largest absolute Gasteiger partial charge is 0.510 e. The van der Waals surface area contributed by atoms with Crippen LogP contribution in [0.5, 0.6) is 5.75 Å². The Balaban J connectivity index is 2.06. The fourth-order valence-corrected chi connectivity index (χ4v) is 5.77. The van der Waals surface area contributed by atoms with Gasteiger partial charge in [-0.25, -0.2) is 0 Å². The molecule has 0 saturated carbocycles. The van der Waals surface area contributed by atoms with E-state index in [1.54, 1.807) is 19.0 Å². The fraction of sp³-hybridized carbons (Fsp3) is 0.435. The normalized spacial score (nSPS) is 29.5. The number of carbonyl (C=O) groups is 3. The Morgan fingerprint density at radius 2 is 1.81 bits per heavy atom. The summed E-state index contributed by atoms with van der Waals surface area (Å²) in [5.41, 5.74) is 0.799. The molecule has 3 aliphatic carbocycles. The van der Waals surface area contributed by atoms with Crippen LogP contribution in [-0.2, 0) is 16.0 Å². The van der Waals surface area contributed by atoms with E-state index in [1.165, 1.54) is 25.1 Å². The van der Waals surface area contributed by atoms with Crippen molar-refractivity contribution in [2.24, 2.45) is 17.6 Å². The number of primary amides is 1. The number of amides is 1. The summed E-state index contributed by atoms with van der Waals surface area (Å²) in [5.74, 6) is -9.17. The number of ketones is 2. The van der Waals surface area contributed by atoms with Crippen LogP contribution < -0.4 is 10.6 Å². The van der Waals surface area contributed by atoms with Crippen molar-refractivity contribution in [1.82, 2.24) is 4.90 Å². The summed E-state index contributed by atoms with van der Waals surface area (Å²) in [6.45, 7) is 0. The van der Waals surface area contributed by atoms with E-state index in [2.05, 4.69) is 4.98 Å². The smallest absolute Gasteiger partial charge is 0.428 e. The molecule has 3 aliphatic rings. The monoisotopic (exact) mass is 500 g/mol. The van der Waals surface area contributed by atoms with Crippen molar-refractivity contribution in [1.29, 1.82) is 5.39 Å². The average molecular weight is 500 g/mol. The van der Waals surface area contributed by atoms with E-state index in [0.717, 1.165) is 0 Å². The number of likely N-dealkylation sites (N-methyl/N-ethyl adjacent to an activating group) is 1. The number of anilines is 1.